The molecule has 8 heteroatoms. The first kappa shape index (κ1) is 40.7. The maximum atomic E-state index is 10.5. The van der Waals surface area contributed by atoms with Crippen LogP contribution in [0.25, 0.3) is 0 Å². The van der Waals surface area contributed by atoms with Gasteiger partial charge in [-0.05, 0) is 59.1 Å². The second-order valence-electron chi connectivity index (χ2n) is 12.2. The zero-order valence-corrected chi connectivity index (χ0v) is 28.6. The van der Waals surface area contributed by atoms with Crippen molar-refractivity contribution in [2.24, 2.45) is 0 Å². The molecular weight excluding hydrogens is 593 g/mol. The number of phenolic OH excluding ortho intramolecular Hbond substituents is 2. The van der Waals surface area contributed by atoms with Crippen LogP contribution in [0.4, 0.5) is 0 Å². The van der Waals surface area contributed by atoms with Crippen LogP contribution in [0.1, 0.15) is 104 Å². The summed E-state index contributed by atoms with van der Waals surface area (Å²) >= 11 is 1.46. The molecule has 0 aliphatic rings. The van der Waals surface area contributed by atoms with Crippen LogP contribution in [0, 0.1) is 0 Å². The van der Waals surface area contributed by atoms with E-state index in [0.29, 0.717) is 19.6 Å². The molecule has 0 aromatic heterocycles. The van der Waals surface area contributed by atoms with Gasteiger partial charge in [0.15, 0.2) is 0 Å². The standard InChI is InChI=1S/C28H42O2S.C6H15NO3.Ni/c1-7-9-11-17-27(3,4)21-13-15-23(29)25(19-21)31-26-20-22(14-16-24(26)30)28(5,6)18-12-10-8-2;8-4-1-7(2-5-9)3-6-10;/h13-16,19-20,29-30H,7-12,17-18H2,1-6H3;8-10H,1-6H2;. The molecule has 0 amide bonds. The largest absolute Gasteiger partial charge is 0.507 e. The third-order valence-electron chi connectivity index (χ3n) is 7.76. The number of nitrogens with zero attached hydrogens (tertiary/aromatic N) is 1. The van der Waals surface area contributed by atoms with E-state index >= 15 is 0 Å². The Balaban J connectivity index is 0.00000131. The summed E-state index contributed by atoms with van der Waals surface area (Å²) in [5, 5.41) is 46.5. The molecule has 2 rings (SSSR count). The monoisotopic (exact) mass is 649 g/mol. The molecule has 0 atom stereocenters. The summed E-state index contributed by atoms with van der Waals surface area (Å²) < 4.78 is 0. The van der Waals surface area contributed by atoms with E-state index in [9.17, 15) is 10.2 Å². The molecule has 0 bridgehead atoms. The quantitative estimate of drug-likeness (QED) is 0.0857. The van der Waals surface area contributed by atoms with Crippen LogP contribution in [-0.4, -0.2) is 69.9 Å². The molecular formula is C34H57NNiO5S. The van der Waals surface area contributed by atoms with Crippen molar-refractivity contribution in [2.45, 2.75) is 114 Å². The van der Waals surface area contributed by atoms with Crippen LogP contribution in [-0.2, 0) is 27.3 Å². The molecule has 42 heavy (non-hydrogen) atoms. The van der Waals surface area contributed by atoms with Gasteiger partial charge in [0.1, 0.15) is 11.5 Å². The van der Waals surface area contributed by atoms with E-state index in [2.05, 4.69) is 53.7 Å². The van der Waals surface area contributed by atoms with E-state index in [1.54, 1.807) is 17.0 Å². The van der Waals surface area contributed by atoms with Gasteiger partial charge < -0.3 is 25.5 Å². The van der Waals surface area contributed by atoms with E-state index in [4.69, 9.17) is 15.3 Å². The third kappa shape index (κ3) is 14.5. The van der Waals surface area contributed by atoms with E-state index in [0.717, 1.165) is 22.6 Å². The molecule has 2 aromatic rings. The average molecular weight is 651 g/mol. The molecule has 0 aliphatic heterocycles. The Hall–Kier alpha value is -1.28. The molecule has 5 N–H and O–H groups in total. The van der Waals surface area contributed by atoms with Crippen LogP contribution in [0.15, 0.2) is 46.2 Å². The molecule has 0 heterocycles. The number of benzene rings is 2. The Morgan fingerprint density at radius 3 is 1.29 bits per heavy atom. The van der Waals surface area contributed by atoms with Crippen molar-refractivity contribution in [2.75, 3.05) is 39.5 Å². The second-order valence-corrected chi connectivity index (χ2v) is 13.2. The zero-order chi connectivity index (χ0) is 30.9. The topological polar surface area (TPSA) is 104 Å². The van der Waals surface area contributed by atoms with Gasteiger partial charge in [0.05, 0.1) is 29.6 Å². The van der Waals surface area contributed by atoms with Crippen molar-refractivity contribution in [1.82, 2.24) is 4.90 Å². The molecule has 0 unspecified atom stereocenters. The number of aromatic hydroxyl groups is 2. The average Bonchev–Trinajstić information content (AvgIpc) is 2.92. The number of hydrogen-bond donors (Lipinski definition) is 5. The predicted molar refractivity (Wildman–Crippen MR) is 172 cm³/mol. The fraction of sp³-hybridized carbons (Fsp3) is 0.647. The Morgan fingerprint density at radius 2 is 0.976 bits per heavy atom. The molecule has 2 aromatic carbocycles. The summed E-state index contributed by atoms with van der Waals surface area (Å²) in [6.07, 6.45) is 9.61. The van der Waals surface area contributed by atoms with Crippen molar-refractivity contribution in [1.29, 1.82) is 0 Å². The summed E-state index contributed by atoms with van der Waals surface area (Å²) in [5.74, 6) is 0.537. The molecule has 0 radical (unpaired) electrons. The minimum absolute atomic E-state index is 0. The van der Waals surface area contributed by atoms with Crippen molar-refractivity contribution >= 4 is 11.8 Å². The zero-order valence-electron chi connectivity index (χ0n) is 26.8. The Labute approximate surface area is 269 Å². The normalized spacial score (nSPS) is 11.7. The molecule has 0 spiro atoms. The van der Waals surface area contributed by atoms with Crippen molar-refractivity contribution in [3.63, 3.8) is 0 Å². The van der Waals surface area contributed by atoms with Crippen molar-refractivity contribution < 1.29 is 42.0 Å². The molecule has 244 valence electrons. The van der Waals surface area contributed by atoms with Gasteiger partial charge in [-0.15, -0.1) is 0 Å². The number of phenols is 2. The van der Waals surface area contributed by atoms with Crippen molar-refractivity contribution in [3.05, 3.63) is 47.5 Å². The molecule has 0 saturated heterocycles. The first-order valence-electron chi connectivity index (χ1n) is 15.4. The predicted octanol–water partition coefficient (Wildman–Crippen LogP) is 7.23. The maximum absolute atomic E-state index is 10.5. The smallest absolute Gasteiger partial charge is 0.129 e. The minimum atomic E-state index is 0. The van der Waals surface area contributed by atoms with E-state index in [1.807, 2.05) is 12.1 Å². The van der Waals surface area contributed by atoms with Crippen LogP contribution in [0.5, 0.6) is 11.5 Å². The third-order valence-corrected chi connectivity index (χ3v) is 8.86. The van der Waals surface area contributed by atoms with Gasteiger partial charge in [-0.1, -0.05) is 104 Å². The van der Waals surface area contributed by atoms with E-state index in [1.165, 1.54) is 61.4 Å². The van der Waals surface area contributed by atoms with Crippen molar-refractivity contribution in [3.8, 4) is 11.5 Å². The number of unbranched alkanes of at least 4 members (excludes halogenated alkanes) is 4. The van der Waals surface area contributed by atoms with E-state index in [-0.39, 0.29) is 58.6 Å². The van der Waals surface area contributed by atoms with Gasteiger partial charge >= 0.3 is 0 Å². The Bertz CT molecular complexity index is 918. The fourth-order valence-electron chi connectivity index (χ4n) is 4.83. The molecule has 0 aliphatic carbocycles. The first-order chi connectivity index (χ1) is 19.4. The Morgan fingerprint density at radius 1 is 0.619 bits per heavy atom. The van der Waals surface area contributed by atoms with Crippen LogP contribution in [0.2, 0.25) is 0 Å². The van der Waals surface area contributed by atoms with Gasteiger partial charge in [-0.25, -0.2) is 0 Å². The number of aliphatic hydroxyl groups is 3. The minimum Gasteiger partial charge on any atom is -0.507 e. The van der Waals surface area contributed by atoms with Gasteiger partial charge in [-0.2, -0.15) is 0 Å². The maximum Gasteiger partial charge on any atom is 0.129 e. The molecule has 6 nitrogen and oxygen atoms in total. The molecule has 0 saturated carbocycles. The second kappa shape index (κ2) is 21.4. The molecule has 0 fully saturated rings. The summed E-state index contributed by atoms with van der Waals surface area (Å²) in [4.78, 5) is 3.40. The number of aliphatic hydroxyl groups excluding tert-OH is 3. The number of rotatable bonds is 18. The number of hydrogen-bond acceptors (Lipinski definition) is 7. The van der Waals surface area contributed by atoms with Gasteiger partial charge in [0, 0.05) is 36.1 Å². The van der Waals surface area contributed by atoms with Crippen LogP contribution < -0.4 is 0 Å². The van der Waals surface area contributed by atoms with Gasteiger partial charge in [0.25, 0.3) is 0 Å². The van der Waals surface area contributed by atoms with Gasteiger partial charge in [0.2, 0.25) is 0 Å². The van der Waals surface area contributed by atoms with Gasteiger partial charge in [-0.3, -0.25) is 4.90 Å². The Kier molecular flexibility index (Phi) is 20.8. The summed E-state index contributed by atoms with van der Waals surface area (Å²) in [7, 11) is 0. The summed E-state index contributed by atoms with van der Waals surface area (Å²) in [6, 6.07) is 11.9. The SMILES string of the molecule is CCCCCC(C)(C)c1ccc(O)c(Sc2cc(C(C)(C)CCCCC)ccc2O)c1.OCCN(CCO)CCO.[Ni]. The van der Waals surface area contributed by atoms with Crippen LogP contribution in [0.3, 0.4) is 0 Å². The van der Waals surface area contributed by atoms with E-state index < -0.39 is 0 Å². The van der Waals surface area contributed by atoms with Crippen LogP contribution >= 0.6 is 11.8 Å². The fourth-order valence-corrected chi connectivity index (χ4v) is 5.79. The summed E-state index contributed by atoms with van der Waals surface area (Å²) in [5.41, 5.74) is 2.59. The first-order valence-corrected chi connectivity index (χ1v) is 16.2. The summed E-state index contributed by atoms with van der Waals surface area (Å²) in [6.45, 7) is 15.3.